The lowest BCUT2D eigenvalue weighted by atomic mass is 10.2. The fourth-order valence-electron chi connectivity index (χ4n) is 2.38. The fraction of sp³-hybridized carbons (Fsp3) is 0.375. The number of thioether (sulfide) groups is 1. The van der Waals surface area contributed by atoms with E-state index in [1.165, 1.54) is 11.8 Å². The Hall–Kier alpha value is -1.70. The first kappa shape index (κ1) is 17.1. The molecule has 24 heavy (non-hydrogen) atoms. The summed E-state index contributed by atoms with van der Waals surface area (Å²) in [6, 6.07) is 3.24. The molecule has 1 aromatic carbocycles. The van der Waals surface area contributed by atoms with Gasteiger partial charge in [-0.1, -0.05) is 11.6 Å². The second kappa shape index (κ2) is 7.46. The van der Waals surface area contributed by atoms with Crippen LogP contribution < -0.4 is 4.74 Å². The van der Waals surface area contributed by atoms with Crippen molar-refractivity contribution in [1.29, 1.82) is 0 Å². The van der Waals surface area contributed by atoms with E-state index < -0.39 is 0 Å². The molecule has 0 bridgehead atoms. The zero-order valence-corrected chi connectivity index (χ0v) is 14.7. The lowest BCUT2D eigenvalue weighted by Gasteiger charge is -2.27. The number of amides is 1. The van der Waals surface area contributed by atoms with Gasteiger partial charge in [-0.05, 0) is 42.5 Å². The quantitative estimate of drug-likeness (QED) is 0.827. The van der Waals surface area contributed by atoms with Crippen molar-refractivity contribution in [2.45, 2.75) is 6.92 Å². The summed E-state index contributed by atoms with van der Waals surface area (Å²) in [6.45, 7) is 4.95. The summed E-state index contributed by atoms with van der Waals surface area (Å²) in [4.78, 5) is 18.8. The summed E-state index contributed by atoms with van der Waals surface area (Å²) in [6.07, 6.45) is 1.71. The first-order valence-electron chi connectivity index (χ1n) is 7.59. The van der Waals surface area contributed by atoms with E-state index in [4.69, 9.17) is 21.1 Å². The number of nitrogens with zero attached hydrogens (tertiary/aromatic N) is 2. The molecular formula is C16H17ClN2O4S. The third-order valence-corrected chi connectivity index (χ3v) is 4.87. The Bertz CT molecular complexity index is 714. The van der Waals surface area contributed by atoms with Gasteiger partial charge in [0.2, 0.25) is 0 Å². The molecule has 8 heteroatoms. The smallest absolute Gasteiger partial charge is 0.286 e. The highest BCUT2D eigenvalue weighted by Crippen LogP contribution is 2.37. The van der Waals surface area contributed by atoms with Crippen LogP contribution in [0.2, 0.25) is 5.02 Å². The second-order valence-corrected chi connectivity index (χ2v) is 6.61. The Labute approximate surface area is 149 Å². The Balaban J connectivity index is 1.81. The van der Waals surface area contributed by atoms with E-state index in [0.717, 1.165) is 13.1 Å². The highest BCUT2D eigenvalue weighted by Gasteiger charge is 2.27. The molecule has 3 rings (SSSR count). The third kappa shape index (κ3) is 3.68. The molecule has 6 nitrogen and oxygen atoms in total. The maximum Gasteiger partial charge on any atom is 0.286 e. The van der Waals surface area contributed by atoms with Gasteiger partial charge >= 0.3 is 0 Å². The number of rotatable bonds is 3. The minimum Gasteiger partial charge on any atom is -0.503 e. The molecule has 2 aliphatic heterocycles. The van der Waals surface area contributed by atoms with Crippen molar-refractivity contribution in [2.24, 2.45) is 4.99 Å². The predicted molar refractivity (Wildman–Crippen MR) is 94.7 cm³/mol. The fourth-order valence-corrected chi connectivity index (χ4v) is 3.57. The number of aromatic hydroxyl groups is 1. The lowest BCUT2D eigenvalue weighted by molar-refractivity contribution is -0.113. The minimum atomic E-state index is -0.274. The summed E-state index contributed by atoms with van der Waals surface area (Å²) >= 11 is 7.36. The lowest BCUT2D eigenvalue weighted by Crippen LogP contribution is -2.38. The van der Waals surface area contributed by atoms with Crippen LogP contribution in [0.5, 0.6) is 11.5 Å². The van der Waals surface area contributed by atoms with Crippen molar-refractivity contribution in [1.82, 2.24) is 4.90 Å². The second-order valence-electron chi connectivity index (χ2n) is 5.19. The molecule has 0 radical (unpaired) electrons. The molecule has 0 unspecified atom stereocenters. The number of hydrogen-bond donors (Lipinski definition) is 1. The van der Waals surface area contributed by atoms with E-state index in [0.29, 0.717) is 41.2 Å². The summed E-state index contributed by atoms with van der Waals surface area (Å²) in [5, 5.41) is 10.8. The van der Waals surface area contributed by atoms with Crippen molar-refractivity contribution >= 4 is 40.5 Å². The number of aliphatic imine (C=N–C) groups is 1. The van der Waals surface area contributed by atoms with Crippen molar-refractivity contribution < 1.29 is 19.4 Å². The Kier molecular flexibility index (Phi) is 5.33. The zero-order valence-electron chi connectivity index (χ0n) is 13.1. The third-order valence-electron chi connectivity index (χ3n) is 3.54. The molecule has 0 aromatic heterocycles. The standard InChI is InChI=1S/C16H17ClN2O4S/c1-2-23-12-8-10(7-11(17)14(12)20)9-13-15(21)18-16(24-13)19-3-5-22-6-4-19/h7-9,20H,2-6H2,1H3. The van der Waals surface area contributed by atoms with E-state index in [9.17, 15) is 9.90 Å². The van der Waals surface area contributed by atoms with Gasteiger partial charge in [0.15, 0.2) is 16.7 Å². The van der Waals surface area contributed by atoms with Crippen LogP contribution in [-0.2, 0) is 9.53 Å². The number of halogens is 1. The van der Waals surface area contributed by atoms with Crippen molar-refractivity contribution in [3.05, 3.63) is 27.6 Å². The summed E-state index contributed by atoms with van der Waals surface area (Å²) in [7, 11) is 0. The largest absolute Gasteiger partial charge is 0.503 e. The Morgan fingerprint density at radius 2 is 2.21 bits per heavy atom. The van der Waals surface area contributed by atoms with E-state index in [-0.39, 0.29) is 16.7 Å². The molecule has 0 aliphatic carbocycles. The van der Waals surface area contributed by atoms with Crippen LogP contribution >= 0.6 is 23.4 Å². The average molecular weight is 369 g/mol. The van der Waals surface area contributed by atoms with Crippen LogP contribution in [0.25, 0.3) is 6.08 Å². The molecule has 1 fully saturated rings. The number of phenolic OH excluding ortho intramolecular Hbond substituents is 1. The number of carbonyl (C=O) groups is 1. The SMILES string of the molecule is CCOc1cc(C=C2SC(N3CCOCC3)=NC2=O)cc(Cl)c1O. The van der Waals surface area contributed by atoms with Crippen LogP contribution in [0.3, 0.4) is 0 Å². The van der Waals surface area contributed by atoms with Crippen LogP contribution in [0.1, 0.15) is 12.5 Å². The number of hydrogen-bond acceptors (Lipinski definition) is 6. The topological polar surface area (TPSA) is 71.4 Å². The number of carbonyl (C=O) groups excluding carboxylic acids is 1. The molecule has 1 aromatic rings. The average Bonchev–Trinajstić information content (AvgIpc) is 2.94. The maximum absolute atomic E-state index is 12.1. The Morgan fingerprint density at radius 3 is 2.92 bits per heavy atom. The highest BCUT2D eigenvalue weighted by atomic mass is 35.5. The molecule has 128 valence electrons. The minimum absolute atomic E-state index is 0.101. The van der Waals surface area contributed by atoms with E-state index in [1.807, 2.05) is 11.8 Å². The van der Waals surface area contributed by atoms with Crippen molar-refractivity contribution in [3.8, 4) is 11.5 Å². The normalized spacial score (nSPS) is 19.8. The highest BCUT2D eigenvalue weighted by molar-refractivity contribution is 8.18. The number of amidine groups is 1. The van der Waals surface area contributed by atoms with Crippen LogP contribution in [0.15, 0.2) is 22.0 Å². The van der Waals surface area contributed by atoms with Crippen LogP contribution in [0.4, 0.5) is 0 Å². The van der Waals surface area contributed by atoms with Gasteiger partial charge in [-0.25, -0.2) is 0 Å². The monoisotopic (exact) mass is 368 g/mol. The van der Waals surface area contributed by atoms with E-state index in [1.54, 1.807) is 18.2 Å². The van der Waals surface area contributed by atoms with E-state index >= 15 is 0 Å². The van der Waals surface area contributed by atoms with Crippen LogP contribution in [0, 0.1) is 0 Å². The molecule has 0 atom stereocenters. The summed E-state index contributed by atoms with van der Waals surface area (Å²) in [5.41, 5.74) is 0.676. The van der Waals surface area contributed by atoms with Crippen LogP contribution in [-0.4, -0.2) is 54.0 Å². The van der Waals surface area contributed by atoms with Gasteiger partial charge < -0.3 is 19.5 Å². The maximum atomic E-state index is 12.1. The molecule has 1 amide bonds. The summed E-state index contributed by atoms with van der Waals surface area (Å²) < 4.78 is 10.7. The van der Waals surface area contributed by atoms with Gasteiger partial charge in [-0.2, -0.15) is 4.99 Å². The van der Waals surface area contributed by atoms with Crippen molar-refractivity contribution in [3.63, 3.8) is 0 Å². The van der Waals surface area contributed by atoms with Gasteiger partial charge in [0.05, 0.1) is 29.7 Å². The molecule has 1 N–H and O–H groups in total. The Morgan fingerprint density at radius 1 is 1.46 bits per heavy atom. The van der Waals surface area contributed by atoms with Crippen molar-refractivity contribution in [2.75, 3.05) is 32.9 Å². The molecule has 0 saturated carbocycles. The van der Waals surface area contributed by atoms with Gasteiger partial charge in [0.25, 0.3) is 5.91 Å². The zero-order chi connectivity index (χ0) is 17.1. The molecule has 0 spiro atoms. The molecular weight excluding hydrogens is 352 g/mol. The molecule has 1 saturated heterocycles. The number of phenols is 1. The van der Waals surface area contributed by atoms with Gasteiger partial charge in [-0.15, -0.1) is 0 Å². The van der Waals surface area contributed by atoms with Gasteiger partial charge in [0, 0.05) is 13.1 Å². The number of ether oxygens (including phenoxy) is 2. The number of morpholine rings is 1. The first-order chi connectivity index (χ1) is 11.6. The molecule has 2 heterocycles. The van der Waals surface area contributed by atoms with Gasteiger partial charge in [-0.3, -0.25) is 4.79 Å². The summed E-state index contributed by atoms with van der Waals surface area (Å²) in [5.74, 6) is -0.0819. The van der Waals surface area contributed by atoms with Gasteiger partial charge in [0.1, 0.15) is 0 Å². The van der Waals surface area contributed by atoms with E-state index in [2.05, 4.69) is 4.99 Å². The predicted octanol–water partition coefficient (Wildman–Crippen LogP) is 2.75. The molecule has 2 aliphatic rings. The first-order valence-corrected chi connectivity index (χ1v) is 8.78. The number of benzene rings is 1.